The summed E-state index contributed by atoms with van der Waals surface area (Å²) in [7, 11) is 1.49. The summed E-state index contributed by atoms with van der Waals surface area (Å²) in [4.78, 5) is -0.190. The van der Waals surface area contributed by atoms with Gasteiger partial charge in [-0.2, -0.15) is 0 Å². The zero-order valence-corrected chi connectivity index (χ0v) is 11.4. The summed E-state index contributed by atoms with van der Waals surface area (Å²) in [6, 6.07) is 9.63. The third-order valence-electron chi connectivity index (χ3n) is 2.72. The van der Waals surface area contributed by atoms with Crippen molar-refractivity contribution in [3.8, 4) is 5.75 Å². The highest BCUT2D eigenvalue weighted by Crippen LogP contribution is 2.29. The minimum absolute atomic E-state index is 0.0213. The Morgan fingerprint density at radius 2 is 1.80 bits per heavy atom. The van der Waals surface area contributed by atoms with E-state index in [9.17, 15) is 8.78 Å². The molecule has 0 aliphatic heterocycles. The SMILES string of the molecule is COc1ccccc1Nc1ccc(C(N)=S)c(F)c1F. The van der Waals surface area contributed by atoms with Gasteiger partial charge in [0, 0.05) is 5.56 Å². The number of para-hydroxylation sites is 2. The minimum Gasteiger partial charge on any atom is -0.495 e. The van der Waals surface area contributed by atoms with Gasteiger partial charge in [0.25, 0.3) is 0 Å². The average Bonchev–Trinajstić information content (AvgIpc) is 2.44. The highest BCUT2D eigenvalue weighted by atomic mass is 32.1. The van der Waals surface area contributed by atoms with Gasteiger partial charge in [-0.05, 0) is 24.3 Å². The van der Waals surface area contributed by atoms with Crippen LogP contribution in [-0.2, 0) is 0 Å². The summed E-state index contributed by atoms with van der Waals surface area (Å²) < 4.78 is 32.9. The van der Waals surface area contributed by atoms with Gasteiger partial charge in [-0.25, -0.2) is 8.78 Å². The quantitative estimate of drug-likeness (QED) is 0.849. The zero-order valence-electron chi connectivity index (χ0n) is 10.6. The van der Waals surface area contributed by atoms with Crippen molar-refractivity contribution in [2.45, 2.75) is 0 Å². The smallest absolute Gasteiger partial charge is 0.182 e. The van der Waals surface area contributed by atoms with Gasteiger partial charge in [0.15, 0.2) is 11.6 Å². The van der Waals surface area contributed by atoms with Crippen molar-refractivity contribution in [2.24, 2.45) is 5.73 Å². The van der Waals surface area contributed by atoms with Crippen LogP contribution in [0.25, 0.3) is 0 Å². The fourth-order valence-corrected chi connectivity index (χ4v) is 1.89. The molecule has 2 aromatic rings. The van der Waals surface area contributed by atoms with E-state index in [2.05, 4.69) is 17.5 Å². The first kappa shape index (κ1) is 14.2. The van der Waals surface area contributed by atoms with Crippen molar-refractivity contribution in [1.29, 1.82) is 0 Å². The number of benzene rings is 2. The molecule has 3 N–H and O–H groups in total. The molecule has 2 rings (SSSR count). The monoisotopic (exact) mass is 294 g/mol. The third-order valence-corrected chi connectivity index (χ3v) is 2.94. The van der Waals surface area contributed by atoms with Crippen molar-refractivity contribution in [3.63, 3.8) is 0 Å². The number of rotatable bonds is 4. The van der Waals surface area contributed by atoms with E-state index < -0.39 is 11.6 Å². The number of hydrogen-bond donors (Lipinski definition) is 2. The van der Waals surface area contributed by atoms with E-state index in [4.69, 9.17) is 10.5 Å². The second kappa shape index (κ2) is 5.83. The van der Waals surface area contributed by atoms with Gasteiger partial charge in [0.05, 0.1) is 18.5 Å². The van der Waals surface area contributed by atoms with E-state index in [-0.39, 0.29) is 16.2 Å². The van der Waals surface area contributed by atoms with Crippen molar-refractivity contribution in [2.75, 3.05) is 12.4 Å². The number of anilines is 2. The first-order chi connectivity index (χ1) is 9.54. The minimum atomic E-state index is -1.07. The standard InChI is InChI=1S/C14H12F2N2OS/c1-19-11-5-3-2-4-9(11)18-10-7-6-8(14(17)20)12(15)13(10)16/h2-7,18H,1H3,(H2,17,20). The Hall–Kier alpha value is -2.21. The van der Waals surface area contributed by atoms with Crippen LogP contribution in [0.1, 0.15) is 5.56 Å². The van der Waals surface area contributed by atoms with Gasteiger partial charge in [-0.3, -0.25) is 0 Å². The molecule has 0 aliphatic rings. The van der Waals surface area contributed by atoms with Crippen LogP contribution < -0.4 is 15.8 Å². The predicted octanol–water partition coefficient (Wildman–Crippen LogP) is 3.35. The van der Waals surface area contributed by atoms with Gasteiger partial charge < -0.3 is 15.8 Å². The van der Waals surface area contributed by atoms with Crippen LogP contribution in [0.3, 0.4) is 0 Å². The molecular weight excluding hydrogens is 282 g/mol. The Kier molecular flexibility index (Phi) is 4.14. The van der Waals surface area contributed by atoms with Crippen LogP contribution in [0.5, 0.6) is 5.75 Å². The number of nitrogens with one attached hydrogen (secondary N) is 1. The molecule has 6 heteroatoms. The fourth-order valence-electron chi connectivity index (χ4n) is 1.73. The lowest BCUT2D eigenvalue weighted by Gasteiger charge is -2.13. The molecule has 0 amide bonds. The lowest BCUT2D eigenvalue weighted by atomic mass is 10.1. The summed E-state index contributed by atoms with van der Waals surface area (Å²) in [5, 5.41) is 2.77. The van der Waals surface area contributed by atoms with Gasteiger partial charge in [-0.15, -0.1) is 0 Å². The first-order valence-corrected chi connectivity index (χ1v) is 6.13. The first-order valence-electron chi connectivity index (χ1n) is 5.72. The second-order valence-electron chi connectivity index (χ2n) is 3.98. The average molecular weight is 294 g/mol. The largest absolute Gasteiger partial charge is 0.495 e. The molecule has 20 heavy (non-hydrogen) atoms. The lowest BCUT2D eigenvalue weighted by Crippen LogP contribution is -2.13. The molecule has 0 atom stereocenters. The Bertz CT molecular complexity index is 662. The molecule has 0 spiro atoms. The lowest BCUT2D eigenvalue weighted by molar-refractivity contribution is 0.416. The number of hydrogen-bond acceptors (Lipinski definition) is 3. The van der Waals surface area contributed by atoms with Crippen LogP contribution in [0.4, 0.5) is 20.2 Å². The molecule has 0 aromatic heterocycles. The number of methoxy groups -OCH3 is 1. The van der Waals surface area contributed by atoms with E-state index in [1.54, 1.807) is 24.3 Å². The zero-order chi connectivity index (χ0) is 14.7. The Labute approximate surface area is 120 Å². The van der Waals surface area contributed by atoms with Crippen molar-refractivity contribution in [1.82, 2.24) is 0 Å². The molecule has 2 aromatic carbocycles. The molecule has 104 valence electrons. The molecule has 0 bridgehead atoms. The molecule has 0 fully saturated rings. The second-order valence-corrected chi connectivity index (χ2v) is 4.42. The van der Waals surface area contributed by atoms with E-state index in [1.807, 2.05) is 0 Å². The summed E-state index contributed by atoms with van der Waals surface area (Å²) in [5.74, 6) is -1.59. The van der Waals surface area contributed by atoms with Crippen molar-refractivity contribution < 1.29 is 13.5 Å². The Morgan fingerprint density at radius 1 is 1.10 bits per heavy atom. The van der Waals surface area contributed by atoms with E-state index in [1.165, 1.54) is 19.2 Å². The van der Waals surface area contributed by atoms with Gasteiger partial charge in [-0.1, -0.05) is 24.4 Å². The van der Waals surface area contributed by atoms with Crippen molar-refractivity contribution in [3.05, 3.63) is 53.6 Å². The summed E-state index contributed by atoms with van der Waals surface area (Å²) in [5.41, 5.74) is 5.70. The summed E-state index contributed by atoms with van der Waals surface area (Å²) >= 11 is 4.65. The maximum atomic E-state index is 14.0. The molecule has 0 saturated heterocycles. The molecular formula is C14H12F2N2OS. The van der Waals surface area contributed by atoms with E-state index in [0.29, 0.717) is 11.4 Å². The third kappa shape index (κ3) is 2.70. The fraction of sp³-hybridized carbons (Fsp3) is 0.0714. The van der Waals surface area contributed by atoms with E-state index in [0.717, 1.165) is 0 Å². The number of thiocarbonyl (C=S) groups is 1. The normalized spacial score (nSPS) is 10.2. The van der Waals surface area contributed by atoms with E-state index >= 15 is 0 Å². The van der Waals surface area contributed by atoms with Gasteiger partial charge in [0.1, 0.15) is 10.7 Å². The highest BCUT2D eigenvalue weighted by Gasteiger charge is 2.15. The highest BCUT2D eigenvalue weighted by molar-refractivity contribution is 7.80. The molecule has 0 heterocycles. The Balaban J connectivity index is 2.40. The molecule has 0 radical (unpaired) electrons. The van der Waals surface area contributed by atoms with Crippen LogP contribution in [0, 0.1) is 11.6 Å². The van der Waals surface area contributed by atoms with Crippen LogP contribution >= 0.6 is 12.2 Å². The summed E-state index contributed by atoms with van der Waals surface area (Å²) in [6.45, 7) is 0. The van der Waals surface area contributed by atoms with Crippen molar-refractivity contribution >= 4 is 28.6 Å². The predicted molar refractivity (Wildman–Crippen MR) is 78.5 cm³/mol. The van der Waals surface area contributed by atoms with Crippen LogP contribution in [0.2, 0.25) is 0 Å². The number of halogens is 2. The molecule has 0 aliphatic carbocycles. The number of nitrogens with two attached hydrogens (primary N) is 1. The maximum Gasteiger partial charge on any atom is 0.182 e. The topological polar surface area (TPSA) is 47.3 Å². The molecule has 0 saturated carbocycles. The van der Waals surface area contributed by atoms with Gasteiger partial charge >= 0.3 is 0 Å². The number of ether oxygens (including phenoxy) is 1. The summed E-state index contributed by atoms with van der Waals surface area (Å²) in [6.07, 6.45) is 0. The van der Waals surface area contributed by atoms with Crippen LogP contribution in [0.15, 0.2) is 36.4 Å². The van der Waals surface area contributed by atoms with Crippen LogP contribution in [-0.4, -0.2) is 12.1 Å². The van der Waals surface area contributed by atoms with Gasteiger partial charge in [0.2, 0.25) is 0 Å². The maximum absolute atomic E-state index is 14.0. The molecule has 0 unspecified atom stereocenters. The molecule has 3 nitrogen and oxygen atoms in total. The Morgan fingerprint density at radius 3 is 2.45 bits per heavy atom.